The first-order valence-electron chi connectivity index (χ1n) is 6.78. The van der Waals surface area contributed by atoms with Crippen molar-refractivity contribution >= 4 is 0 Å². The van der Waals surface area contributed by atoms with Crippen LogP contribution in [0.4, 0.5) is 0 Å². The molecule has 5 heteroatoms. The van der Waals surface area contributed by atoms with Gasteiger partial charge in [0.05, 0.1) is 18.4 Å². The van der Waals surface area contributed by atoms with E-state index in [0.717, 1.165) is 48.9 Å². The Balaban J connectivity index is 2.03. The third-order valence-corrected chi connectivity index (χ3v) is 3.23. The van der Waals surface area contributed by atoms with Gasteiger partial charge in [0.2, 0.25) is 0 Å². The fraction of sp³-hybridized carbons (Fsp3) is 0.467. The van der Waals surface area contributed by atoms with E-state index in [4.69, 9.17) is 9.15 Å². The fourth-order valence-corrected chi connectivity index (χ4v) is 2.13. The predicted molar refractivity (Wildman–Crippen MR) is 77.7 cm³/mol. The van der Waals surface area contributed by atoms with Gasteiger partial charge in [0.1, 0.15) is 6.26 Å². The molecule has 0 fully saturated rings. The van der Waals surface area contributed by atoms with Crippen molar-refractivity contribution in [3.8, 4) is 11.4 Å². The van der Waals surface area contributed by atoms with E-state index in [0.29, 0.717) is 0 Å². The van der Waals surface area contributed by atoms with Crippen molar-refractivity contribution in [2.24, 2.45) is 0 Å². The van der Waals surface area contributed by atoms with Gasteiger partial charge in [-0.05, 0) is 38.4 Å². The van der Waals surface area contributed by atoms with Crippen LogP contribution in [0.2, 0.25) is 0 Å². The molecule has 0 aliphatic carbocycles. The normalized spacial score (nSPS) is 10.9. The van der Waals surface area contributed by atoms with Gasteiger partial charge in [-0.2, -0.15) is 0 Å². The zero-order valence-corrected chi connectivity index (χ0v) is 12.3. The van der Waals surface area contributed by atoms with Crippen molar-refractivity contribution in [1.29, 1.82) is 0 Å². The molecule has 0 spiro atoms. The average molecular weight is 275 g/mol. The Morgan fingerprint density at radius 2 is 1.95 bits per heavy atom. The lowest BCUT2D eigenvalue weighted by atomic mass is 10.1. The van der Waals surface area contributed by atoms with Crippen molar-refractivity contribution in [2.45, 2.75) is 20.3 Å². The quantitative estimate of drug-likeness (QED) is 0.784. The number of hydrogen-bond donors (Lipinski definition) is 1. The van der Waals surface area contributed by atoms with E-state index in [2.05, 4.69) is 15.3 Å². The van der Waals surface area contributed by atoms with Crippen molar-refractivity contribution < 1.29 is 9.15 Å². The molecule has 2 rings (SSSR count). The Morgan fingerprint density at radius 3 is 2.55 bits per heavy atom. The van der Waals surface area contributed by atoms with Crippen molar-refractivity contribution in [1.82, 2.24) is 15.3 Å². The Labute approximate surface area is 119 Å². The minimum atomic E-state index is 0.727. The summed E-state index contributed by atoms with van der Waals surface area (Å²) in [6.45, 7) is 6.56. The van der Waals surface area contributed by atoms with Crippen molar-refractivity contribution in [3.05, 3.63) is 35.5 Å². The SMILES string of the molecule is COCCNCCc1c(C)nc(-c2ccoc2)nc1C. The summed E-state index contributed by atoms with van der Waals surface area (Å²) in [5.74, 6) is 0.727. The van der Waals surface area contributed by atoms with Crippen LogP contribution in [0, 0.1) is 13.8 Å². The highest BCUT2D eigenvalue weighted by Gasteiger charge is 2.10. The predicted octanol–water partition coefficient (Wildman–Crippen LogP) is 2.13. The van der Waals surface area contributed by atoms with Gasteiger partial charge in [-0.25, -0.2) is 9.97 Å². The summed E-state index contributed by atoms with van der Waals surface area (Å²) in [6, 6.07) is 1.88. The lowest BCUT2D eigenvalue weighted by molar-refractivity contribution is 0.199. The molecule has 0 saturated carbocycles. The monoisotopic (exact) mass is 275 g/mol. The molecule has 2 heterocycles. The van der Waals surface area contributed by atoms with E-state index < -0.39 is 0 Å². The molecule has 0 saturated heterocycles. The Kier molecular flexibility index (Phi) is 5.26. The molecular weight excluding hydrogens is 254 g/mol. The zero-order valence-electron chi connectivity index (χ0n) is 12.3. The van der Waals surface area contributed by atoms with Crippen molar-refractivity contribution in [2.75, 3.05) is 26.8 Å². The van der Waals surface area contributed by atoms with Gasteiger partial charge in [0, 0.05) is 25.0 Å². The van der Waals surface area contributed by atoms with Crippen LogP contribution < -0.4 is 5.32 Å². The van der Waals surface area contributed by atoms with Gasteiger partial charge in [-0.3, -0.25) is 0 Å². The molecule has 0 unspecified atom stereocenters. The van der Waals surface area contributed by atoms with E-state index >= 15 is 0 Å². The molecule has 0 aromatic carbocycles. The van der Waals surface area contributed by atoms with Crippen LogP contribution in [0.5, 0.6) is 0 Å². The molecule has 5 nitrogen and oxygen atoms in total. The van der Waals surface area contributed by atoms with Gasteiger partial charge in [0.25, 0.3) is 0 Å². The number of aromatic nitrogens is 2. The minimum absolute atomic E-state index is 0.727. The summed E-state index contributed by atoms with van der Waals surface area (Å²) in [5, 5.41) is 3.34. The summed E-state index contributed by atoms with van der Waals surface area (Å²) < 4.78 is 10.1. The van der Waals surface area contributed by atoms with Crippen LogP contribution in [0.3, 0.4) is 0 Å². The van der Waals surface area contributed by atoms with Gasteiger partial charge in [0.15, 0.2) is 5.82 Å². The smallest absolute Gasteiger partial charge is 0.162 e. The lowest BCUT2D eigenvalue weighted by Gasteiger charge is -2.11. The van der Waals surface area contributed by atoms with E-state index in [1.54, 1.807) is 19.6 Å². The topological polar surface area (TPSA) is 60.2 Å². The molecule has 0 radical (unpaired) electrons. The summed E-state index contributed by atoms with van der Waals surface area (Å²) in [5.41, 5.74) is 4.19. The average Bonchev–Trinajstić information content (AvgIpc) is 2.95. The third-order valence-electron chi connectivity index (χ3n) is 3.23. The summed E-state index contributed by atoms with van der Waals surface area (Å²) in [6.07, 6.45) is 4.23. The maximum Gasteiger partial charge on any atom is 0.162 e. The number of methoxy groups -OCH3 is 1. The molecule has 0 aliphatic rings. The first-order valence-corrected chi connectivity index (χ1v) is 6.78. The number of ether oxygens (including phenoxy) is 1. The van der Waals surface area contributed by atoms with Gasteiger partial charge >= 0.3 is 0 Å². The number of furan rings is 1. The minimum Gasteiger partial charge on any atom is -0.472 e. The van der Waals surface area contributed by atoms with E-state index in [-0.39, 0.29) is 0 Å². The summed E-state index contributed by atoms with van der Waals surface area (Å²) in [4.78, 5) is 9.14. The molecular formula is C15H21N3O2. The number of hydrogen-bond acceptors (Lipinski definition) is 5. The number of nitrogens with zero attached hydrogens (tertiary/aromatic N) is 2. The number of aryl methyl sites for hydroxylation is 2. The Bertz CT molecular complexity index is 515. The highest BCUT2D eigenvalue weighted by molar-refractivity contribution is 5.53. The second kappa shape index (κ2) is 7.17. The molecule has 0 aliphatic heterocycles. The summed E-state index contributed by atoms with van der Waals surface area (Å²) >= 11 is 0. The van der Waals surface area contributed by atoms with E-state index in [1.807, 2.05) is 19.9 Å². The largest absolute Gasteiger partial charge is 0.472 e. The van der Waals surface area contributed by atoms with Crippen LogP contribution in [0.15, 0.2) is 23.0 Å². The van der Waals surface area contributed by atoms with E-state index in [1.165, 1.54) is 5.56 Å². The molecule has 0 bridgehead atoms. The van der Waals surface area contributed by atoms with Crippen molar-refractivity contribution in [3.63, 3.8) is 0 Å². The molecule has 108 valence electrons. The Hall–Kier alpha value is -1.72. The second-order valence-corrected chi connectivity index (χ2v) is 4.70. The fourth-order valence-electron chi connectivity index (χ4n) is 2.13. The highest BCUT2D eigenvalue weighted by atomic mass is 16.5. The van der Waals surface area contributed by atoms with Crippen LogP contribution in [-0.4, -0.2) is 36.8 Å². The number of rotatable bonds is 7. The second-order valence-electron chi connectivity index (χ2n) is 4.70. The van der Waals surface area contributed by atoms with Gasteiger partial charge in [-0.15, -0.1) is 0 Å². The van der Waals surface area contributed by atoms with Gasteiger partial charge < -0.3 is 14.5 Å². The van der Waals surface area contributed by atoms with Crippen LogP contribution in [0.25, 0.3) is 11.4 Å². The first-order chi connectivity index (χ1) is 9.72. The first kappa shape index (κ1) is 14.7. The highest BCUT2D eigenvalue weighted by Crippen LogP contribution is 2.19. The van der Waals surface area contributed by atoms with Crippen LogP contribution in [0.1, 0.15) is 17.0 Å². The van der Waals surface area contributed by atoms with Crippen LogP contribution >= 0.6 is 0 Å². The lowest BCUT2D eigenvalue weighted by Crippen LogP contribution is -2.22. The molecule has 2 aromatic heterocycles. The third kappa shape index (κ3) is 3.65. The zero-order chi connectivity index (χ0) is 14.4. The number of nitrogens with one attached hydrogen (secondary N) is 1. The van der Waals surface area contributed by atoms with Crippen LogP contribution in [-0.2, 0) is 11.2 Å². The maximum absolute atomic E-state index is 5.08. The maximum atomic E-state index is 5.08. The molecule has 1 N–H and O–H groups in total. The van der Waals surface area contributed by atoms with Gasteiger partial charge in [-0.1, -0.05) is 0 Å². The molecule has 0 atom stereocenters. The molecule has 0 amide bonds. The van der Waals surface area contributed by atoms with E-state index in [9.17, 15) is 0 Å². The standard InChI is InChI=1S/C15H21N3O2/c1-11-14(4-6-16-7-9-19-3)12(2)18-15(17-11)13-5-8-20-10-13/h5,8,10,16H,4,6-7,9H2,1-3H3. The molecule has 2 aromatic rings. The Morgan fingerprint density at radius 1 is 1.20 bits per heavy atom. The molecule has 20 heavy (non-hydrogen) atoms. The summed E-state index contributed by atoms with van der Waals surface area (Å²) in [7, 11) is 1.71.